The molecule has 0 fully saturated rings. The second kappa shape index (κ2) is 4.12. The normalized spacial score (nSPS) is 13.0. The van der Waals surface area contributed by atoms with Gasteiger partial charge in [-0.3, -0.25) is 0 Å². The van der Waals surface area contributed by atoms with Gasteiger partial charge >= 0.3 is 0 Å². The Morgan fingerprint density at radius 1 is 1.60 bits per heavy atom. The molecule has 0 aliphatic heterocycles. The summed E-state index contributed by atoms with van der Waals surface area (Å²) in [5.41, 5.74) is 9.87. The molecule has 1 atom stereocenters. The van der Waals surface area contributed by atoms with Gasteiger partial charge in [-0.2, -0.15) is 0 Å². The van der Waals surface area contributed by atoms with Crippen LogP contribution >= 0.6 is 11.3 Å². The third-order valence-corrected chi connectivity index (χ3v) is 3.29. The Hall–Kier alpha value is -1.20. The molecular weight excluding hydrogens is 208 g/mol. The fourth-order valence-corrected chi connectivity index (χ4v) is 2.25. The molecule has 0 spiro atoms. The third kappa shape index (κ3) is 2.08. The Bertz CT molecular complexity index is 444. The van der Waals surface area contributed by atoms with Crippen molar-refractivity contribution in [1.29, 1.82) is 0 Å². The summed E-state index contributed by atoms with van der Waals surface area (Å²) < 4.78 is 2.07. The van der Waals surface area contributed by atoms with Gasteiger partial charge in [0, 0.05) is 17.1 Å². The first-order valence-corrected chi connectivity index (χ1v) is 5.71. The molecule has 2 aromatic heterocycles. The summed E-state index contributed by atoms with van der Waals surface area (Å²) in [7, 11) is 0. The maximum atomic E-state index is 5.85. The Morgan fingerprint density at radius 3 is 3.00 bits per heavy atom. The summed E-state index contributed by atoms with van der Waals surface area (Å²) in [6, 6.07) is 0.0146. The van der Waals surface area contributed by atoms with Crippen LogP contribution in [0.3, 0.4) is 0 Å². The lowest BCUT2D eigenvalue weighted by atomic mass is 10.2. The molecule has 4 nitrogen and oxygen atoms in total. The van der Waals surface area contributed by atoms with Crippen LogP contribution in [0.15, 0.2) is 18.0 Å². The first-order valence-electron chi connectivity index (χ1n) is 4.83. The maximum absolute atomic E-state index is 5.85. The molecule has 0 saturated heterocycles. The van der Waals surface area contributed by atoms with E-state index in [0.29, 0.717) is 0 Å². The van der Waals surface area contributed by atoms with Gasteiger partial charge in [0.05, 0.1) is 29.8 Å². The second-order valence-corrected chi connectivity index (χ2v) is 4.54. The average Bonchev–Trinajstić information content (AvgIpc) is 2.77. The summed E-state index contributed by atoms with van der Waals surface area (Å²) in [5.74, 6) is 0. The molecule has 2 N–H and O–H groups in total. The van der Waals surface area contributed by atoms with Crippen molar-refractivity contribution in [3.63, 3.8) is 0 Å². The van der Waals surface area contributed by atoms with Gasteiger partial charge in [-0.15, -0.1) is 11.3 Å². The van der Waals surface area contributed by atoms with Crippen molar-refractivity contribution in [2.75, 3.05) is 0 Å². The average molecular weight is 222 g/mol. The molecule has 2 rings (SSSR count). The first-order chi connectivity index (χ1) is 7.18. The van der Waals surface area contributed by atoms with Gasteiger partial charge in [0.1, 0.15) is 0 Å². The fraction of sp³-hybridized carbons (Fsp3) is 0.400. The molecule has 5 heteroatoms. The number of nitrogens with two attached hydrogens (primary N) is 1. The lowest BCUT2D eigenvalue weighted by molar-refractivity contribution is 0.677. The summed E-state index contributed by atoms with van der Waals surface area (Å²) in [6.45, 7) is 4.80. The van der Waals surface area contributed by atoms with E-state index in [4.69, 9.17) is 5.73 Å². The Labute approximate surface area is 92.8 Å². The van der Waals surface area contributed by atoms with Gasteiger partial charge in [-0.1, -0.05) is 0 Å². The third-order valence-electron chi connectivity index (χ3n) is 2.37. The highest BCUT2D eigenvalue weighted by molar-refractivity contribution is 7.09. The van der Waals surface area contributed by atoms with Crippen LogP contribution in [0.25, 0.3) is 0 Å². The van der Waals surface area contributed by atoms with E-state index in [1.165, 1.54) is 4.88 Å². The van der Waals surface area contributed by atoms with Crippen molar-refractivity contribution in [3.8, 4) is 0 Å². The highest BCUT2D eigenvalue weighted by Crippen LogP contribution is 2.16. The van der Waals surface area contributed by atoms with Gasteiger partial charge in [0.15, 0.2) is 0 Å². The van der Waals surface area contributed by atoms with Gasteiger partial charge in [0.25, 0.3) is 0 Å². The van der Waals surface area contributed by atoms with Crippen molar-refractivity contribution in [3.05, 3.63) is 34.3 Å². The molecule has 2 aromatic rings. The van der Waals surface area contributed by atoms with Crippen molar-refractivity contribution in [1.82, 2.24) is 14.5 Å². The fourth-order valence-electron chi connectivity index (χ4n) is 1.47. The zero-order valence-corrected chi connectivity index (χ0v) is 9.66. The van der Waals surface area contributed by atoms with E-state index in [2.05, 4.69) is 14.5 Å². The zero-order chi connectivity index (χ0) is 10.8. The van der Waals surface area contributed by atoms with Crippen LogP contribution < -0.4 is 5.73 Å². The topological polar surface area (TPSA) is 56.7 Å². The SMILES string of the molecule is Cc1ncsc1Cn1cncc1[C@@H](C)N. The van der Waals surface area contributed by atoms with E-state index < -0.39 is 0 Å². The van der Waals surface area contributed by atoms with Crippen molar-refractivity contribution < 1.29 is 0 Å². The van der Waals surface area contributed by atoms with Crippen molar-refractivity contribution in [2.45, 2.75) is 26.4 Å². The summed E-state index contributed by atoms with van der Waals surface area (Å²) in [6.07, 6.45) is 3.64. The maximum Gasteiger partial charge on any atom is 0.0952 e. The molecule has 0 saturated carbocycles. The standard InChI is InChI=1S/C10H14N4S/c1-7(11)9-3-12-5-14(9)4-10-8(2)13-6-15-10/h3,5-7H,4,11H2,1-2H3/t7-/m1/s1. The number of hydrogen-bond donors (Lipinski definition) is 1. The molecule has 0 aliphatic rings. The van der Waals surface area contributed by atoms with Crippen LogP contribution in [0.4, 0.5) is 0 Å². The lowest BCUT2D eigenvalue weighted by Crippen LogP contribution is -2.12. The molecule has 0 aliphatic carbocycles. The van der Waals surface area contributed by atoms with E-state index in [-0.39, 0.29) is 6.04 Å². The molecular formula is C10H14N4S. The van der Waals surface area contributed by atoms with Crippen LogP contribution in [-0.2, 0) is 6.54 Å². The molecule has 0 unspecified atom stereocenters. The van der Waals surface area contributed by atoms with Gasteiger partial charge in [-0.25, -0.2) is 9.97 Å². The van der Waals surface area contributed by atoms with Gasteiger partial charge in [-0.05, 0) is 13.8 Å². The van der Waals surface area contributed by atoms with E-state index in [1.54, 1.807) is 11.3 Å². The van der Waals surface area contributed by atoms with Crippen LogP contribution in [-0.4, -0.2) is 14.5 Å². The number of thiazole rings is 1. The van der Waals surface area contributed by atoms with Crippen LogP contribution in [0, 0.1) is 6.92 Å². The van der Waals surface area contributed by atoms with Crippen LogP contribution in [0.2, 0.25) is 0 Å². The summed E-state index contributed by atoms with van der Waals surface area (Å²) in [4.78, 5) is 9.61. The number of hydrogen-bond acceptors (Lipinski definition) is 4. The molecule has 0 amide bonds. The Morgan fingerprint density at radius 2 is 2.40 bits per heavy atom. The smallest absolute Gasteiger partial charge is 0.0952 e. The van der Waals surface area contributed by atoms with E-state index in [9.17, 15) is 0 Å². The number of nitrogens with zero attached hydrogens (tertiary/aromatic N) is 3. The number of aromatic nitrogens is 3. The van der Waals surface area contributed by atoms with E-state index in [0.717, 1.165) is 17.9 Å². The zero-order valence-electron chi connectivity index (χ0n) is 8.84. The minimum absolute atomic E-state index is 0.0146. The second-order valence-electron chi connectivity index (χ2n) is 3.60. The number of imidazole rings is 1. The Balaban J connectivity index is 2.25. The molecule has 0 radical (unpaired) electrons. The molecule has 2 heterocycles. The Kier molecular flexibility index (Phi) is 2.83. The van der Waals surface area contributed by atoms with Gasteiger partial charge in [0.2, 0.25) is 0 Å². The van der Waals surface area contributed by atoms with E-state index in [1.807, 2.05) is 31.9 Å². The predicted octanol–water partition coefficient (Wildman–Crippen LogP) is 1.72. The minimum atomic E-state index is 0.0146. The van der Waals surface area contributed by atoms with Crippen LogP contribution in [0.5, 0.6) is 0 Å². The highest BCUT2D eigenvalue weighted by atomic mass is 32.1. The number of rotatable bonds is 3. The minimum Gasteiger partial charge on any atom is -0.328 e. The number of aryl methyl sites for hydroxylation is 1. The quantitative estimate of drug-likeness (QED) is 0.860. The predicted molar refractivity (Wildman–Crippen MR) is 60.8 cm³/mol. The molecule has 80 valence electrons. The van der Waals surface area contributed by atoms with Gasteiger partial charge < -0.3 is 10.3 Å². The largest absolute Gasteiger partial charge is 0.328 e. The lowest BCUT2D eigenvalue weighted by Gasteiger charge is -2.09. The molecule has 0 aromatic carbocycles. The highest BCUT2D eigenvalue weighted by Gasteiger charge is 2.09. The van der Waals surface area contributed by atoms with Crippen molar-refractivity contribution >= 4 is 11.3 Å². The molecule has 15 heavy (non-hydrogen) atoms. The van der Waals surface area contributed by atoms with Crippen LogP contribution in [0.1, 0.15) is 29.2 Å². The summed E-state index contributed by atoms with van der Waals surface area (Å²) >= 11 is 1.67. The monoisotopic (exact) mass is 222 g/mol. The first kappa shape index (κ1) is 10.3. The molecule has 0 bridgehead atoms. The summed E-state index contributed by atoms with van der Waals surface area (Å²) in [5, 5.41) is 0. The van der Waals surface area contributed by atoms with E-state index >= 15 is 0 Å². The van der Waals surface area contributed by atoms with Crippen molar-refractivity contribution in [2.24, 2.45) is 5.73 Å².